The largest absolute Gasteiger partial charge is 0.497 e. The van der Waals surface area contributed by atoms with Crippen LogP contribution >= 0.6 is 0 Å². The third kappa shape index (κ3) is 3.71. The van der Waals surface area contributed by atoms with E-state index < -0.39 is 0 Å². The average Bonchev–Trinajstić information content (AvgIpc) is 3.38. The summed E-state index contributed by atoms with van der Waals surface area (Å²) in [6.45, 7) is 3.50. The number of hydrogen-bond donors (Lipinski definition) is 0. The Morgan fingerprint density at radius 1 is 1.07 bits per heavy atom. The summed E-state index contributed by atoms with van der Waals surface area (Å²) in [5, 5.41) is 0. The van der Waals surface area contributed by atoms with E-state index in [0.29, 0.717) is 35.7 Å². The third-order valence-electron chi connectivity index (χ3n) is 5.59. The molecule has 0 radical (unpaired) electrons. The zero-order valence-electron chi connectivity index (χ0n) is 17.3. The van der Waals surface area contributed by atoms with Gasteiger partial charge in [0.2, 0.25) is 0 Å². The van der Waals surface area contributed by atoms with E-state index in [0.717, 1.165) is 18.5 Å². The molecular formula is C24H26N2O4. The number of likely N-dealkylation sites (N-methyl/N-ethyl adjacent to an activating group) is 1. The lowest BCUT2D eigenvalue weighted by atomic mass is 10.0. The maximum atomic E-state index is 13.5. The van der Waals surface area contributed by atoms with Gasteiger partial charge < -0.3 is 14.4 Å². The van der Waals surface area contributed by atoms with E-state index in [4.69, 9.17) is 9.47 Å². The topological polar surface area (TPSA) is 59.1 Å². The molecule has 1 unspecified atom stereocenters. The van der Waals surface area contributed by atoms with Crippen LogP contribution in [0.5, 0.6) is 5.75 Å². The van der Waals surface area contributed by atoms with Crippen molar-refractivity contribution in [2.45, 2.75) is 25.9 Å². The summed E-state index contributed by atoms with van der Waals surface area (Å²) < 4.78 is 10.9. The molecule has 2 amide bonds. The molecule has 0 bridgehead atoms. The minimum absolute atomic E-state index is 0.0961. The van der Waals surface area contributed by atoms with Gasteiger partial charge in [-0.1, -0.05) is 30.3 Å². The summed E-state index contributed by atoms with van der Waals surface area (Å²) in [4.78, 5) is 30.2. The van der Waals surface area contributed by atoms with Crippen LogP contribution in [-0.2, 0) is 14.3 Å². The molecule has 6 heteroatoms. The van der Waals surface area contributed by atoms with Gasteiger partial charge in [-0.2, -0.15) is 0 Å². The number of benzene rings is 2. The second-order valence-corrected chi connectivity index (χ2v) is 7.39. The number of anilines is 1. The van der Waals surface area contributed by atoms with E-state index in [1.54, 1.807) is 19.2 Å². The molecule has 30 heavy (non-hydrogen) atoms. The number of amides is 2. The molecule has 2 aromatic rings. The van der Waals surface area contributed by atoms with Gasteiger partial charge in [0.15, 0.2) is 0 Å². The van der Waals surface area contributed by atoms with Crippen LogP contribution in [0.1, 0.15) is 25.3 Å². The van der Waals surface area contributed by atoms with Crippen LogP contribution in [0, 0.1) is 0 Å². The smallest absolute Gasteiger partial charge is 0.278 e. The standard InChI is InChI=1S/C24H26N2O4/c1-3-25(18-8-5-4-6-9-18)22-21(17-11-13-19(29-2)14-12-17)23(27)26(24(22)28)16-20-10-7-15-30-20/h4-6,8-9,11-14,20H,3,7,10,15-16H2,1-2H3. The van der Waals surface area contributed by atoms with Crippen molar-refractivity contribution >= 4 is 23.1 Å². The van der Waals surface area contributed by atoms with E-state index in [9.17, 15) is 9.59 Å². The van der Waals surface area contributed by atoms with Gasteiger partial charge in [-0.15, -0.1) is 0 Å². The highest BCUT2D eigenvalue weighted by Gasteiger charge is 2.42. The average molecular weight is 406 g/mol. The Balaban J connectivity index is 1.78. The Labute approximate surface area is 176 Å². The minimum Gasteiger partial charge on any atom is -0.497 e. The molecule has 1 atom stereocenters. The molecule has 1 fully saturated rings. The number of rotatable bonds is 7. The second-order valence-electron chi connectivity index (χ2n) is 7.39. The van der Waals surface area contributed by atoms with Gasteiger partial charge in [-0.3, -0.25) is 14.5 Å². The maximum absolute atomic E-state index is 13.5. The minimum atomic E-state index is -0.273. The quantitative estimate of drug-likeness (QED) is 0.659. The lowest BCUT2D eigenvalue weighted by Gasteiger charge is -2.25. The molecule has 0 saturated carbocycles. The number of ether oxygens (including phenoxy) is 2. The molecule has 1 saturated heterocycles. The van der Waals surface area contributed by atoms with E-state index in [2.05, 4.69) is 0 Å². The summed E-state index contributed by atoms with van der Waals surface area (Å²) in [6.07, 6.45) is 1.72. The molecule has 6 nitrogen and oxygen atoms in total. The van der Waals surface area contributed by atoms with Crippen LogP contribution in [0.3, 0.4) is 0 Å². The summed E-state index contributed by atoms with van der Waals surface area (Å²) in [5.41, 5.74) is 2.41. The van der Waals surface area contributed by atoms with E-state index in [1.165, 1.54) is 4.90 Å². The lowest BCUT2D eigenvalue weighted by molar-refractivity contribution is -0.138. The fourth-order valence-corrected chi connectivity index (χ4v) is 4.07. The number of para-hydroxylation sites is 1. The highest BCUT2D eigenvalue weighted by Crippen LogP contribution is 2.35. The van der Waals surface area contributed by atoms with Gasteiger partial charge >= 0.3 is 0 Å². The van der Waals surface area contributed by atoms with Crippen molar-refractivity contribution in [1.82, 2.24) is 4.90 Å². The number of carbonyl (C=O) groups is 2. The van der Waals surface area contributed by atoms with Crippen molar-refractivity contribution in [3.8, 4) is 5.75 Å². The van der Waals surface area contributed by atoms with Gasteiger partial charge in [0.1, 0.15) is 11.4 Å². The summed E-state index contributed by atoms with van der Waals surface area (Å²) >= 11 is 0. The fraction of sp³-hybridized carbons (Fsp3) is 0.333. The van der Waals surface area contributed by atoms with Gasteiger partial charge in [-0.25, -0.2) is 0 Å². The summed E-state index contributed by atoms with van der Waals surface area (Å²) in [5.74, 6) is 0.154. The zero-order chi connectivity index (χ0) is 21.1. The van der Waals surface area contributed by atoms with Crippen LogP contribution in [-0.4, -0.2) is 49.6 Å². The maximum Gasteiger partial charge on any atom is 0.278 e. The van der Waals surface area contributed by atoms with Gasteiger partial charge in [0, 0.05) is 18.8 Å². The van der Waals surface area contributed by atoms with Crippen LogP contribution in [0.25, 0.3) is 5.57 Å². The van der Waals surface area contributed by atoms with Crippen LogP contribution in [0.2, 0.25) is 0 Å². The second kappa shape index (κ2) is 8.71. The molecule has 156 valence electrons. The zero-order valence-corrected chi connectivity index (χ0v) is 17.3. The molecule has 0 aliphatic carbocycles. The number of nitrogens with zero attached hydrogens (tertiary/aromatic N) is 2. The van der Waals surface area contributed by atoms with E-state index in [1.807, 2.05) is 54.3 Å². The number of methoxy groups -OCH3 is 1. The Bertz CT molecular complexity index is 947. The monoisotopic (exact) mass is 406 g/mol. The molecule has 2 aromatic carbocycles. The van der Waals surface area contributed by atoms with Crippen molar-refractivity contribution in [1.29, 1.82) is 0 Å². The van der Waals surface area contributed by atoms with Gasteiger partial charge in [0.05, 0.1) is 25.3 Å². The number of imide groups is 1. The molecule has 0 N–H and O–H groups in total. The highest BCUT2D eigenvalue weighted by molar-refractivity contribution is 6.36. The molecule has 2 aliphatic heterocycles. The van der Waals surface area contributed by atoms with Crippen molar-refractivity contribution in [2.75, 3.05) is 31.7 Å². The van der Waals surface area contributed by atoms with Crippen molar-refractivity contribution in [3.63, 3.8) is 0 Å². The first-order chi connectivity index (χ1) is 14.6. The van der Waals surface area contributed by atoms with Gasteiger partial charge in [-0.05, 0) is 49.6 Å². The first-order valence-corrected chi connectivity index (χ1v) is 10.3. The predicted molar refractivity (Wildman–Crippen MR) is 115 cm³/mol. The predicted octanol–water partition coefficient (Wildman–Crippen LogP) is 3.48. The first kappa shape index (κ1) is 20.2. The Hall–Kier alpha value is -3.12. The summed E-state index contributed by atoms with van der Waals surface area (Å²) in [6, 6.07) is 16.9. The van der Waals surface area contributed by atoms with Crippen LogP contribution in [0.4, 0.5) is 5.69 Å². The van der Waals surface area contributed by atoms with Crippen molar-refractivity contribution in [2.24, 2.45) is 0 Å². The Morgan fingerprint density at radius 2 is 1.80 bits per heavy atom. The molecule has 0 aromatic heterocycles. The van der Waals surface area contributed by atoms with Gasteiger partial charge in [0.25, 0.3) is 11.8 Å². The van der Waals surface area contributed by atoms with Crippen molar-refractivity contribution in [3.05, 3.63) is 65.9 Å². The number of carbonyl (C=O) groups excluding carboxylic acids is 2. The Morgan fingerprint density at radius 3 is 2.40 bits per heavy atom. The number of hydrogen-bond acceptors (Lipinski definition) is 5. The third-order valence-corrected chi connectivity index (χ3v) is 5.59. The normalized spacial score (nSPS) is 19.0. The summed E-state index contributed by atoms with van der Waals surface area (Å²) in [7, 11) is 1.60. The van der Waals surface area contributed by atoms with E-state index in [-0.39, 0.29) is 24.5 Å². The molecule has 4 rings (SSSR count). The molecule has 2 aliphatic rings. The lowest BCUT2D eigenvalue weighted by Crippen LogP contribution is -2.40. The van der Waals surface area contributed by atoms with E-state index >= 15 is 0 Å². The molecule has 0 spiro atoms. The van der Waals surface area contributed by atoms with Crippen LogP contribution < -0.4 is 9.64 Å². The Kier molecular flexibility index (Phi) is 5.86. The molecule has 2 heterocycles. The van der Waals surface area contributed by atoms with Crippen molar-refractivity contribution < 1.29 is 19.1 Å². The first-order valence-electron chi connectivity index (χ1n) is 10.3. The van der Waals surface area contributed by atoms with Crippen LogP contribution in [0.15, 0.2) is 60.3 Å². The highest BCUT2D eigenvalue weighted by atomic mass is 16.5. The fourth-order valence-electron chi connectivity index (χ4n) is 4.07. The molecular weight excluding hydrogens is 380 g/mol. The SMILES string of the molecule is CCN(C1=C(c2ccc(OC)cc2)C(=O)N(CC2CCCO2)C1=O)c1ccccc1.